The largest absolute Gasteiger partial charge is 0.388 e. The zero-order valence-corrected chi connectivity index (χ0v) is 14.6. The van der Waals surface area contributed by atoms with Crippen molar-refractivity contribution in [1.82, 2.24) is 20.2 Å². The Labute approximate surface area is 157 Å². The number of aliphatic hydroxyl groups excluding tert-OH is 2. The van der Waals surface area contributed by atoms with Gasteiger partial charge in [0, 0.05) is 23.4 Å². The second-order valence-corrected chi connectivity index (χ2v) is 6.50. The van der Waals surface area contributed by atoms with Gasteiger partial charge in [-0.15, -0.1) is 5.10 Å². The molecular formula is C16H15N5O5S. The van der Waals surface area contributed by atoms with Gasteiger partial charge in [0.1, 0.15) is 0 Å². The first kappa shape index (κ1) is 18.9. The van der Waals surface area contributed by atoms with E-state index in [1.165, 1.54) is 40.7 Å². The summed E-state index contributed by atoms with van der Waals surface area (Å²) in [6.45, 7) is 0. The van der Waals surface area contributed by atoms with Gasteiger partial charge in [0.2, 0.25) is 5.16 Å². The van der Waals surface area contributed by atoms with E-state index in [0.29, 0.717) is 22.0 Å². The van der Waals surface area contributed by atoms with E-state index in [-0.39, 0.29) is 11.4 Å². The quantitative estimate of drug-likeness (QED) is 0.236. The van der Waals surface area contributed by atoms with Gasteiger partial charge < -0.3 is 15.3 Å². The van der Waals surface area contributed by atoms with Crippen molar-refractivity contribution < 1.29 is 20.2 Å². The molecule has 10 nitrogen and oxygen atoms in total. The lowest BCUT2D eigenvalue weighted by Crippen LogP contribution is -2.04. The maximum Gasteiger partial charge on any atom is 0.269 e. The third-order valence-corrected chi connectivity index (χ3v) is 4.73. The summed E-state index contributed by atoms with van der Waals surface area (Å²) in [4.78, 5) is 10.2. The average Bonchev–Trinajstić information content (AvgIpc) is 3.14. The summed E-state index contributed by atoms with van der Waals surface area (Å²) in [6.07, 6.45) is -2.41. The van der Waals surface area contributed by atoms with Crippen molar-refractivity contribution in [2.45, 2.75) is 17.6 Å². The van der Waals surface area contributed by atoms with Crippen molar-refractivity contribution in [2.24, 2.45) is 0 Å². The fourth-order valence-corrected chi connectivity index (χ4v) is 3.14. The molecule has 1 aromatic heterocycles. The Balaban J connectivity index is 1.68. The molecule has 0 amide bonds. The Morgan fingerprint density at radius 1 is 1.04 bits per heavy atom. The number of rotatable bonds is 7. The molecule has 3 rings (SSSR count). The molecule has 1 heterocycles. The number of nitro groups is 1. The van der Waals surface area contributed by atoms with E-state index in [1.54, 1.807) is 24.3 Å². The number of non-ortho nitro benzene ring substituents is 1. The third-order valence-electron chi connectivity index (χ3n) is 3.74. The van der Waals surface area contributed by atoms with E-state index < -0.39 is 17.3 Å². The fraction of sp³-hybridized carbons (Fsp3) is 0.188. The first-order valence-electron chi connectivity index (χ1n) is 7.76. The number of nitrogens with zero attached hydrogens (tertiary/aromatic N) is 5. The lowest BCUT2D eigenvalue weighted by atomic mass is 10.1. The van der Waals surface area contributed by atoms with Crippen LogP contribution >= 0.6 is 11.8 Å². The van der Waals surface area contributed by atoms with Gasteiger partial charge in [0.15, 0.2) is 6.29 Å². The van der Waals surface area contributed by atoms with Crippen LogP contribution in [0.15, 0.2) is 53.7 Å². The van der Waals surface area contributed by atoms with Crippen LogP contribution in [0.25, 0.3) is 5.69 Å². The summed E-state index contributed by atoms with van der Waals surface area (Å²) in [5.41, 5.74) is 1.47. The minimum atomic E-state index is -1.56. The predicted molar refractivity (Wildman–Crippen MR) is 95.1 cm³/mol. The normalized spacial score (nSPS) is 12.3. The molecule has 140 valence electrons. The Morgan fingerprint density at radius 2 is 1.67 bits per heavy atom. The number of hydrogen-bond acceptors (Lipinski definition) is 9. The summed E-state index contributed by atoms with van der Waals surface area (Å²) in [6, 6.07) is 12.1. The number of thioether (sulfide) groups is 1. The molecule has 2 aromatic carbocycles. The molecule has 0 aliphatic heterocycles. The maximum absolute atomic E-state index is 10.7. The van der Waals surface area contributed by atoms with Crippen LogP contribution in [-0.2, 0) is 0 Å². The topological polar surface area (TPSA) is 147 Å². The highest BCUT2D eigenvalue weighted by atomic mass is 32.2. The van der Waals surface area contributed by atoms with E-state index in [4.69, 9.17) is 10.2 Å². The van der Waals surface area contributed by atoms with Crippen LogP contribution in [0, 0.1) is 10.1 Å². The van der Waals surface area contributed by atoms with Crippen molar-refractivity contribution in [3.63, 3.8) is 0 Å². The van der Waals surface area contributed by atoms with Crippen molar-refractivity contribution in [1.29, 1.82) is 0 Å². The minimum Gasteiger partial charge on any atom is -0.388 e. The third kappa shape index (κ3) is 4.46. The first-order chi connectivity index (χ1) is 13.0. The summed E-state index contributed by atoms with van der Waals surface area (Å²) in [5, 5.41) is 51.1. The molecule has 0 spiro atoms. The Hall–Kier alpha value is -2.86. The molecule has 0 saturated carbocycles. The highest BCUT2D eigenvalue weighted by Crippen LogP contribution is 2.26. The maximum atomic E-state index is 10.7. The number of hydrogen-bond donors (Lipinski definition) is 3. The Bertz CT molecular complexity index is 914. The van der Waals surface area contributed by atoms with Gasteiger partial charge >= 0.3 is 0 Å². The van der Waals surface area contributed by atoms with E-state index in [9.17, 15) is 15.2 Å². The molecule has 0 fully saturated rings. The zero-order chi connectivity index (χ0) is 19.4. The van der Waals surface area contributed by atoms with E-state index in [2.05, 4.69) is 15.5 Å². The minimum absolute atomic E-state index is 0.0426. The van der Waals surface area contributed by atoms with Crippen LogP contribution in [0.4, 0.5) is 5.69 Å². The van der Waals surface area contributed by atoms with Gasteiger partial charge in [-0.05, 0) is 40.3 Å². The van der Waals surface area contributed by atoms with Gasteiger partial charge in [-0.1, -0.05) is 23.9 Å². The van der Waals surface area contributed by atoms with E-state index in [0.717, 1.165) is 0 Å². The molecule has 0 radical (unpaired) electrons. The number of nitro benzene ring substituents is 1. The smallest absolute Gasteiger partial charge is 0.269 e. The molecule has 0 bridgehead atoms. The first-order valence-corrected chi connectivity index (χ1v) is 8.74. The van der Waals surface area contributed by atoms with Gasteiger partial charge in [-0.25, -0.2) is 0 Å². The van der Waals surface area contributed by atoms with E-state index >= 15 is 0 Å². The summed E-state index contributed by atoms with van der Waals surface area (Å²) >= 11 is 1.22. The number of tetrazole rings is 1. The molecule has 0 aliphatic rings. The van der Waals surface area contributed by atoms with Crippen molar-refractivity contribution in [2.75, 3.05) is 5.75 Å². The van der Waals surface area contributed by atoms with Gasteiger partial charge in [0.25, 0.3) is 5.69 Å². The number of benzene rings is 2. The number of aliphatic hydroxyl groups is 3. The van der Waals surface area contributed by atoms with Crippen LogP contribution in [0.2, 0.25) is 0 Å². The molecule has 3 N–H and O–H groups in total. The second kappa shape index (κ2) is 8.22. The molecule has 1 atom stereocenters. The molecule has 0 aliphatic carbocycles. The van der Waals surface area contributed by atoms with Crippen molar-refractivity contribution in [3.8, 4) is 5.69 Å². The van der Waals surface area contributed by atoms with Crippen LogP contribution in [0.1, 0.15) is 23.5 Å². The van der Waals surface area contributed by atoms with Gasteiger partial charge in [0.05, 0.1) is 16.7 Å². The van der Waals surface area contributed by atoms with Gasteiger partial charge in [-0.3, -0.25) is 10.1 Å². The average molecular weight is 389 g/mol. The highest BCUT2D eigenvalue weighted by molar-refractivity contribution is 7.99. The SMILES string of the molecule is O=[N+]([O-])c1ccc(C(O)CSc2nnnn2-c2ccc(C(O)O)cc2)cc1. The summed E-state index contributed by atoms with van der Waals surface area (Å²) in [7, 11) is 0. The molecule has 27 heavy (non-hydrogen) atoms. The summed E-state index contributed by atoms with van der Waals surface area (Å²) in [5.74, 6) is 0.242. The number of aromatic nitrogens is 4. The lowest BCUT2D eigenvalue weighted by molar-refractivity contribution is -0.384. The summed E-state index contributed by atoms with van der Waals surface area (Å²) < 4.78 is 1.46. The Kier molecular flexibility index (Phi) is 5.76. The second-order valence-electron chi connectivity index (χ2n) is 5.51. The lowest BCUT2D eigenvalue weighted by Gasteiger charge is -2.10. The Morgan fingerprint density at radius 3 is 2.26 bits per heavy atom. The van der Waals surface area contributed by atoms with Crippen LogP contribution in [0.5, 0.6) is 0 Å². The molecule has 0 saturated heterocycles. The van der Waals surface area contributed by atoms with Crippen molar-refractivity contribution in [3.05, 3.63) is 69.8 Å². The fourth-order valence-electron chi connectivity index (χ4n) is 2.29. The van der Waals surface area contributed by atoms with Crippen LogP contribution < -0.4 is 0 Å². The molecule has 11 heteroatoms. The van der Waals surface area contributed by atoms with Crippen LogP contribution in [-0.4, -0.2) is 46.2 Å². The zero-order valence-electron chi connectivity index (χ0n) is 13.8. The van der Waals surface area contributed by atoms with E-state index in [1.807, 2.05) is 0 Å². The van der Waals surface area contributed by atoms with Crippen molar-refractivity contribution >= 4 is 17.4 Å². The monoisotopic (exact) mass is 389 g/mol. The standard InChI is InChI=1S/C16H15N5O5S/c22-14(10-1-7-13(8-2-10)21(25)26)9-27-16-17-18-19-20(16)12-5-3-11(4-6-12)15(23)24/h1-8,14-15,22-24H,9H2. The predicted octanol–water partition coefficient (Wildman–Crippen LogP) is 1.38. The molecular weight excluding hydrogens is 374 g/mol. The highest BCUT2D eigenvalue weighted by Gasteiger charge is 2.15. The van der Waals surface area contributed by atoms with Crippen LogP contribution in [0.3, 0.4) is 0 Å². The molecule has 1 unspecified atom stereocenters. The van der Waals surface area contributed by atoms with Gasteiger partial charge in [-0.2, -0.15) is 4.68 Å². The molecule has 3 aromatic rings.